The zero-order chi connectivity index (χ0) is 37.2. The van der Waals surface area contributed by atoms with Crippen LogP contribution in [-0.4, -0.2) is 114 Å². The molecule has 52 heavy (non-hydrogen) atoms. The largest absolute Gasteiger partial charge is 0.392 e. The van der Waals surface area contributed by atoms with Gasteiger partial charge in [0.05, 0.1) is 24.3 Å². The first kappa shape index (κ1) is 43.5. The minimum atomic E-state index is -0.460. The van der Waals surface area contributed by atoms with Crippen molar-refractivity contribution in [2.45, 2.75) is 115 Å². The molecule has 4 aliphatic heterocycles. The summed E-state index contributed by atoms with van der Waals surface area (Å²) in [6.45, 7) is 17.0. The van der Waals surface area contributed by atoms with Crippen LogP contribution in [0.3, 0.4) is 0 Å². The van der Waals surface area contributed by atoms with Gasteiger partial charge in [-0.1, -0.05) is 51.9 Å². The maximum absolute atomic E-state index is 12.7. The summed E-state index contributed by atoms with van der Waals surface area (Å²) in [6, 6.07) is 2.80. The minimum absolute atomic E-state index is 0. The van der Waals surface area contributed by atoms with Crippen molar-refractivity contribution in [2.75, 3.05) is 56.7 Å². The minimum Gasteiger partial charge on any atom is -0.392 e. The lowest BCUT2D eigenvalue weighted by Crippen LogP contribution is -2.42. The van der Waals surface area contributed by atoms with E-state index < -0.39 is 12.2 Å². The van der Waals surface area contributed by atoms with Crippen LogP contribution in [0.4, 0.5) is 11.6 Å². The molecule has 0 bridgehead atoms. The Labute approximate surface area is 312 Å². The summed E-state index contributed by atoms with van der Waals surface area (Å²) in [5.74, 6) is 2.77. The third-order valence-corrected chi connectivity index (χ3v) is 9.40. The molecule has 0 spiro atoms. The molecule has 2 amide bonds. The molecule has 0 unspecified atom stereocenters. The molecule has 0 aliphatic carbocycles. The SMILES string of the molecule is CC(C)(C)c1cc(NC(=O)[C@@H]2C[C@@H](O)CN2)no1.CC(C)(C)c1cc(NC(=O)[C@@H]2C[C@@H](O)CN2CC2CCOCC2)no1.Cl.O=CC1CCOCC1. The van der Waals surface area contributed by atoms with Crippen LogP contribution in [0.25, 0.3) is 0 Å². The number of anilines is 2. The van der Waals surface area contributed by atoms with Crippen molar-refractivity contribution in [3.63, 3.8) is 0 Å². The van der Waals surface area contributed by atoms with Crippen molar-refractivity contribution in [1.29, 1.82) is 0 Å². The van der Waals surface area contributed by atoms with E-state index in [-0.39, 0.29) is 53.1 Å². The summed E-state index contributed by atoms with van der Waals surface area (Å²) < 4.78 is 20.9. The number of aromatic nitrogens is 2. The molecule has 4 fully saturated rings. The lowest BCUT2D eigenvalue weighted by atomic mass is 9.93. The zero-order valence-corrected chi connectivity index (χ0v) is 32.2. The van der Waals surface area contributed by atoms with Gasteiger partial charge in [0.1, 0.15) is 17.8 Å². The number of nitrogens with zero attached hydrogens (tertiary/aromatic N) is 3. The highest BCUT2D eigenvalue weighted by molar-refractivity contribution is 5.94. The Balaban J connectivity index is 0.000000235. The summed E-state index contributed by atoms with van der Waals surface area (Å²) in [7, 11) is 0. The second kappa shape index (κ2) is 20.0. The predicted octanol–water partition coefficient (Wildman–Crippen LogP) is 3.44. The summed E-state index contributed by atoms with van der Waals surface area (Å²) in [6.07, 6.45) is 4.86. The monoisotopic (exact) mass is 754 g/mol. The van der Waals surface area contributed by atoms with Crippen LogP contribution >= 0.6 is 12.4 Å². The van der Waals surface area contributed by atoms with E-state index in [9.17, 15) is 24.6 Å². The Morgan fingerprint density at radius 2 is 1.37 bits per heavy atom. The van der Waals surface area contributed by atoms with Crippen molar-refractivity contribution in [3.8, 4) is 0 Å². The van der Waals surface area contributed by atoms with E-state index in [1.165, 1.54) is 0 Å². The van der Waals surface area contributed by atoms with Gasteiger partial charge in [0.2, 0.25) is 11.8 Å². The molecule has 6 rings (SSSR count). The van der Waals surface area contributed by atoms with E-state index in [0.29, 0.717) is 43.5 Å². The number of aliphatic hydroxyl groups excluding tert-OH is 2. The van der Waals surface area contributed by atoms with Crippen LogP contribution in [0.5, 0.6) is 0 Å². The third kappa shape index (κ3) is 13.5. The van der Waals surface area contributed by atoms with Crippen LogP contribution in [0.1, 0.15) is 91.6 Å². The number of rotatable bonds is 7. The molecule has 2 aromatic rings. The molecule has 5 N–H and O–H groups in total. The van der Waals surface area contributed by atoms with Crippen molar-refractivity contribution >= 4 is 42.1 Å². The van der Waals surface area contributed by atoms with Gasteiger partial charge < -0.3 is 49.5 Å². The van der Waals surface area contributed by atoms with Crippen LogP contribution < -0.4 is 16.0 Å². The Morgan fingerprint density at radius 1 is 0.846 bits per heavy atom. The molecule has 0 aromatic carbocycles. The maximum Gasteiger partial charge on any atom is 0.243 e. The van der Waals surface area contributed by atoms with Gasteiger partial charge in [-0.15, -0.1) is 12.4 Å². The number of likely N-dealkylation sites (tertiary alicyclic amines) is 1. The number of halogens is 1. The van der Waals surface area contributed by atoms with Crippen molar-refractivity contribution < 1.29 is 43.1 Å². The maximum atomic E-state index is 12.7. The van der Waals surface area contributed by atoms with Gasteiger partial charge in [-0.05, 0) is 44.4 Å². The molecule has 294 valence electrons. The number of carbonyl (C=O) groups excluding carboxylic acids is 3. The average Bonchev–Trinajstić information content (AvgIpc) is 3.90. The van der Waals surface area contributed by atoms with Crippen molar-refractivity contribution in [2.24, 2.45) is 11.8 Å². The highest BCUT2D eigenvalue weighted by atomic mass is 35.5. The number of carbonyl (C=O) groups is 3. The quantitative estimate of drug-likeness (QED) is 0.258. The van der Waals surface area contributed by atoms with E-state index >= 15 is 0 Å². The highest BCUT2D eigenvalue weighted by Crippen LogP contribution is 2.27. The Hall–Kier alpha value is -2.92. The Bertz CT molecular complexity index is 1390. The van der Waals surface area contributed by atoms with Gasteiger partial charge in [-0.3, -0.25) is 14.5 Å². The fourth-order valence-electron chi connectivity index (χ4n) is 6.18. The topological polar surface area (TPSA) is 202 Å². The first-order valence-electron chi connectivity index (χ1n) is 18.1. The fourth-order valence-corrected chi connectivity index (χ4v) is 6.18. The van der Waals surface area contributed by atoms with E-state index in [4.69, 9.17) is 18.5 Å². The number of β-amino-alcohol motifs (C(OH)–C–C–N with tert-alkyl or cyclic N) is 2. The Kier molecular flexibility index (Phi) is 16.7. The summed E-state index contributed by atoms with van der Waals surface area (Å²) in [5, 5.41) is 35.6. The molecular weight excluding hydrogens is 696 g/mol. The number of amides is 2. The number of hydrogen-bond acceptors (Lipinski definition) is 13. The number of aldehydes is 1. The van der Waals surface area contributed by atoms with Gasteiger partial charge in [0, 0.05) is 74.9 Å². The van der Waals surface area contributed by atoms with Gasteiger partial charge >= 0.3 is 0 Å². The summed E-state index contributed by atoms with van der Waals surface area (Å²) in [4.78, 5) is 36.8. The van der Waals surface area contributed by atoms with Crippen molar-refractivity contribution in [1.82, 2.24) is 20.5 Å². The molecule has 16 heteroatoms. The smallest absolute Gasteiger partial charge is 0.243 e. The van der Waals surface area contributed by atoms with Gasteiger partial charge in [-0.25, -0.2) is 0 Å². The number of aliphatic hydroxyl groups is 2. The van der Waals surface area contributed by atoms with Gasteiger partial charge in [0.25, 0.3) is 0 Å². The van der Waals surface area contributed by atoms with Crippen LogP contribution in [0, 0.1) is 11.8 Å². The number of ether oxygens (including phenoxy) is 2. The molecule has 4 aliphatic rings. The first-order valence-corrected chi connectivity index (χ1v) is 18.1. The predicted molar refractivity (Wildman–Crippen MR) is 196 cm³/mol. The van der Waals surface area contributed by atoms with Crippen LogP contribution in [0.2, 0.25) is 0 Å². The molecule has 15 nitrogen and oxygen atoms in total. The summed E-state index contributed by atoms with van der Waals surface area (Å²) >= 11 is 0. The van der Waals surface area contributed by atoms with E-state index in [1.807, 2.05) is 41.5 Å². The van der Waals surface area contributed by atoms with Crippen LogP contribution in [-0.2, 0) is 34.7 Å². The molecule has 4 saturated heterocycles. The lowest BCUT2D eigenvalue weighted by Gasteiger charge is -2.30. The molecule has 2 aromatic heterocycles. The molecule has 6 heterocycles. The van der Waals surface area contributed by atoms with Gasteiger partial charge in [-0.2, -0.15) is 0 Å². The molecule has 0 saturated carbocycles. The third-order valence-electron chi connectivity index (χ3n) is 9.40. The number of hydrogen-bond donors (Lipinski definition) is 5. The highest BCUT2D eigenvalue weighted by Gasteiger charge is 2.37. The first-order chi connectivity index (χ1) is 24.1. The molecule has 4 atom stereocenters. The Morgan fingerprint density at radius 3 is 1.81 bits per heavy atom. The summed E-state index contributed by atoms with van der Waals surface area (Å²) in [5.41, 5.74) is -0.299. The molecular formula is C36H59ClN6O9. The second-order valence-corrected chi connectivity index (χ2v) is 16.0. The van der Waals surface area contributed by atoms with Crippen LogP contribution in [0.15, 0.2) is 21.2 Å². The fraction of sp³-hybridized carbons (Fsp3) is 0.750. The van der Waals surface area contributed by atoms with Gasteiger partial charge in [0.15, 0.2) is 11.6 Å². The average molecular weight is 755 g/mol. The lowest BCUT2D eigenvalue weighted by molar-refractivity contribution is -0.121. The van der Waals surface area contributed by atoms with E-state index in [2.05, 4.69) is 31.2 Å². The normalized spacial score (nSPS) is 24.5. The standard InChI is InChI=1S/C18H29N3O4.C12H19N3O3.C6H10O2.ClH/c1-18(2,3)15-9-16(20-25-15)19-17(23)14-8-13(22)11-21(14)10-12-4-6-24-7-5-12;1-12(2,3)9-5-10(15-18-9)14-11(17)8-4-7(16)6-13-8;7-5-6-1-3-8-4-2-6;/h9,12-14,22H,4-8,10-11H2,1-3H3,(H,19,20,23);5,7-8,13,16H,4,6H2,1-3H3,(H,14,15,17);5-6H,1-4H2;1H/t13-,14+;7-,8+;;/m11../s1. The molecule has 0 radical (unpaired) electrons. The zero-order valence-electron chi connectivity index (χ0n) is 31.4. The number of nitrogens with one attached hydrogen (secondary N) is 3. The van der Waals surface area contributed by atoms with E-state index in [0.717, 1.165) is 76.5 Å². The van der Waals surface area contributed by atoms with Crippen molar-refractivity contribution in [3.05, 3.63) is 23.7 Å². The van der Waals surface area contributed by atoms with E-state index in [1.54, 1.807) is 12.1 Å². The second-order valence-electron chi connectivity index (χ2n) is 16.0.